The second-order valence-electron chi connectivity index (χ2n) is 7.18. The number of aromatic nitrogens is 3. The molecule has 4 aromatic rings. The lowest BCUT2D eigenvalue weighted by atomic mass is 10.1. The SMILES string of the molecule is Cc1nn(-c2ccccc2)c(C)c1CN(C)C(=O)Cc1c[nH]c2ccccc12. The van der Waals surface area contributed by atoms with Gasteiger partial charge in [-0.15, -0.1) is 0 Å². The van der Waals surface area contributed by atoms with Gasteiger partial charge in [-0.1, -0.05) is 36.4 Å². The summed E-state index contributed by atoms with van der Waals surface area (Å²) in [6.45, 7) is 4.60. The van der Waals surface area contributed by atoms with Crippen LogP contribution in [0.25, 0.3) is 16.6 Å². The number of hydrogen-bond acceptors (Lipinski definition) is 2. The van der Waals surface area contributed by atoms with Crippen LogP contribution in [-0.2, 0) is 17.8 Å². The number of aryl methyl sites for hydroxylation is 1. The number of aromatic amines is 1. The Bertz CT molecular complexity index is 1120. The molecule has 1 N–H and O–H groups in total. The van der Waals surface area contributed by atoms with Gasteiger partial charge in [0.1, 0.15) is 0 Å². The van der Waals surface area contributed by atoms with E-state index in [1.807, 2.05) is 79.4 Å². The van der Waals surface area contributed by atoms with Crippen LogP contribution in [0.5, 0.6) is 0 Å². The number of nitrogens with one attached hydrogen (secondary N) is 1. The zero-order valence-corrected chi connectivity index (χ0v) is 16.4. The van der Waals surface area contributed by atoms with E-state index in [0.29, 0.717) is 13.0 Å². The molecule has 0 atom stereocenters. The van der Waals surface area contributed by atoms with E-state index >= 15 is 0 Å². The number of rotatable bonds is 5. The Morgan fingerprint density at radius 1 is 1.07 bits per heavy atom. The molecule has 0 saturated heterocycles. The molecule has 1 amide bonds. The number of benzene rings is 2. The highest BCUT2D eigenvalue weighted by Crippen LogP contribution is 2.21. The Kier molecular flexibility index (Phi) is 4.74. The number of H-pyrrole nitrogens is 1. The molecule has 2 aromatic heterocycles. The van der Waals surface area contributed by atoms with Crippen molar-refractivity contribution in [3.8, 4) is 5.69 Å². The third-order valence-corrected chi connectivity index (χ3v) is 5.28. The minimum absolute atomic E-state index is 0.0935. The van der Waals surface area contributed by atoms with Gasteiger partial charge in [-0.05, 0) is 37.6 Å². The van der Waals surface area contributed by atoms with Crippen LogP contribution in [-0.4, -0.2) is 32.6 Å². The molecule has 142 valence electrons. The van der Waals surface area contributed by atoms with Crippen LogP contribution in [0.1, 0.15) is 22.5 Å². The predicted molar refractivity (Wildman–Crippen MR) is 112 cm³/mol. The summed E-state index contributed by atoms with van der Waals surface area (Å²) in [5.41, 5.74) is 6.23. The van der Waals surface area contributed by atoms with Gasteiger partial charge in [0.2, 0.25) is 5.91 Å². The molecule has 0 bridgehead atoms. The van der Waals surface area contributed by atoms with E-state index < -0.39 is 0 Å². The van der Waals surface area contributed by atoms with Crippen LogP contribution in [0.2, 0.25) is 0 Å². The fourth-order valence-corrected chi connectivity index (χ4v) is 3.63. The Morgan fingerprint density at radius 2 is 1.79 bits per heavy atom. The van der Waals surface area contributed by atoms with Gasteiger partial charge < -0.3 is 9.88 Å². The topological polar surface area (TPSA) is 53.9 Å². The van der Waals surface area contributed by atoms with E-state index in [2.05, 4.69) is 17.0 Å². The predicted octanol–water partition coefficient (Wildman–Crippen LogP) is 4.17. The molecule has 0 aliphatic heterocycles. The average Bonchev–Trinajstić information content (AvgIpc) is 3.24. The summed E-state index contributed by atoms with van der Waals surface area (Å²) in [6, 6.07) is 18.1. The van der Waals surface area contributed by atoms with E-state index in [9.17, 15) is 4.79 Å². The van der Waals surface area contributed by atoms with Gasteiger partial charge in [0.25, 0.3) is 0 Å². The number of fused-ring (bicyclic) bond motifs is 1. The molecule has 0 spiro atoms. The van der Waals surface area contributed by atoms with Crippen molar-refractivity contribution in [2.24, 2.45) is 0 Å². The third-order valence-electron chi connectivity index (χ3n) is 5.28. The summed E-state index contributed by atoms with van der Waals surface area (Å²) in [6.07, 6.45) is 2.31. The van der Waals surface area contributed by atoms with Crippen LogP contribution in [0.3, 0.4) is 0 Å². The molecular weight excluding hydrogens is 348 g/mol. The van der Waals surface area contributed by atoms with Gasteiger partial charge >= 0.3 is 0 Å². The van der Waals surface area contributed by atoms with Crippen molar-refractivity contribution in [1.29, 1.82) is 0 Å². The van der Waals surface area contributed by atoms with Gasteiger partial charge in [0.05, 0.1) is 17.8 Å². The molecule has 2 heterocycles. The highest BCUT2D eigenvalue weighted by molar-refractivity contribution is 5.88. The zero-order valence-electron chi connectivity index (χ0n) is 16.4. The van der Waals surface area contributed by atoms with Crippen LogP contribution >= 0.6 is 0 Å². The van der Waals surface area contributed by atoms with Crippen LogP contribution in [0.15, 0.2) is 60.8 Å². The lowest BCUT2D eigenvalue weighted by Gasteiger charge is -2.17. The van der Waals surface area contributed by atoms with E-state index in [4.69, 9.17) is 0 Å². The van der Waals surface area contributed by atoms with Gasteiger partial charge in [0.15, 0.2) is 0 Å². The summed E-state index contributed by atoms with van der Waals surface area (Å²) in [5.74, 6) is 0.0935. The number of para-hydroxylation sites is 2. The Morgan fingerprint density at radius 3 is 2.57 bits per heavy atom. The van der Waals surface area contributed by atoms with Crippen molar-refractivity contribution in [3.63, 3.8) is 0 Å². The summed E-state index contributed by atoms with van der Waals surface area (Å²) < 4.78 is 1.95. The lowest BCUT2D eigenvalue weighted by molar-refractivity contribution is -0.129. The van der Waals surface area contributed by atoms with Crippen molar-refractivity contribution in [1.82, 2.24) is 19.7 Å². The number of nitrogens with zero attached hydrogens (tertiary/aromatic N) is 3. The second kappa shape index (κ2) is 7.35. The maximum atomic E-state index is 12.8. The Hall–Kier alpha value is -3.34. The summed E-state index contributed by atoms with van der Waals surface area (Å²) in [5, 5.41) is 5.79. The molecule has 0 saturated carbocycles. The number of likely N-dealkylation sites (N-methyl/N-ethyl adjacent to an activating group) is 1. The molecule has 0 radical (unpaired) electrons. The minimum Gasteiger partial charge on any atom is -0.361 e. The van der Waals surface area contributed by atoms with E-state index in [1.54, 1.807) is 4.90 Å². The monoisotopic (exact) mass is 372 g/mol. The van der Waals surface area contributed by atoms with Crippen molar-refractivity contribution in [3.05, 3.63) is 83.3 Å². The largest absolute Gasteiger partial charge is 0.361 e. The average molecular weight is 372 g/mol. The molecular formula is C23H24N4O. The van der Waals surface area contributed by atoms with Crippen molar-refractivity contribution >= 4 is 16.8 Å². The maximum absolute atomic E-state index is 12.8. The van der Waals surface area contributed by atoms with Crippen LogP contribution in [0, 0.1) is 13.8 Å². The van der Waals surface area contributed by atoms with Gasteiger partial charge in [-0.25, -0.2) is 4.68 Å². The molecule has 5 heteroatoms. The Balaban J connectivity index is 1.53. The highest BCUT2D eigenvalue weighted by Gasteiger charge is 2.18. The van der Waals surface area contributed by atoms with Crippen LogP contribution in [0.4, 0.5) is 0 Å². The first-order valence-electron chi connectivity index (χ1n) is 9.44. The van der Waals surface area contributed by atoms with Gasteiger partial charge in [-0.2, -0.15) is 5.10 Å². The number of hydrogen-bond donors (Lipinski definition) is 1. The fourth-order valence-electron chi connectivity index (χ4n) is 3.63. The molecule has 0 aliphatic carbocycles. The number of carbonyl (C=O) groups excluding carboxylic acids is 1. The number of amides is 1. The minimum atomic E-state index is 0.0935. The fraction of sp³-hybridized carbons (Fsp3) is 0.217. The lowest BCUT2D eigenvalue weighted by Crippen LogP contribution is -2.28. The van der Waals surface area contributed by atoms with E-state index in [-0.39, 0.29) is 5.91 Å². The highest BCUT2D eigenvalue weighted by atomic mass is 16.2. The maximum Gasteiger partial charge on any atom is 0.227 e. The summed E-state index contributed by atoms with van der Waals surface area (Å²) in [4.78, 5) is 17.9. The first kappa shape index (κ1) is 18.0. The first-order valence-corrected chi connectivity index (χ1v) is 9.44. The molecule has 5 nitrogen and oxygen atoms in total. The van der Waals surface area contributed by atoms with Crippen molar-refractivity contribution in [2.45, 2.75) is 26.8 Å². The number of carbonyl (C=O) groups is 1. The smallest absolute Gasteiger partial charge is 0.227 e. The quantitative estimate of drug-likeness (QED) is 0.572. The van der Waals surface area contributed by atoms with Crippen molar-refractivity contribution < 1.29 is 4.79 Å². The molecule has 2 aromatic carbocycles. The van der Waals surface area contributed by atoms with Crippen molar-refractivity contribution in [2.75, 3.05) is 7.05 Å². The summed E-state index contributed by atoms with van der Waals surface area (Å²) in [7, 11) is 1.86. The standard InChI is InChI=1S/C23H24N4O/c1-16-21(17(2)27(25-16)19-9-5-4-6-10-19)15-26(3)23(28)13-18-14-24-22-12-8-7-11-20(18)22/h4-12,14,24H,13,15H2,1-3H3. The van der Waals surface area contributed by atoms with Crippen LogP contribution < -0.4 is 0 Å². The van der Waals surface area contributed by atoms with Gasteiger partial charge in [0, 0.05) is 41.9 Å². The van der Waals surface area contributed by atoms with E-state index in [0.717, 1.165) is 39.1 Å². The first-order chi connectivity index (χ1) is 13.5. The third kappa shape index (κ3) is 3.31. The summed E-state index contributed by atoms with van der Waals surface area (Å²) >= 11 is 0. The normalized spacial score (nSPS) is 11.1. The van der Waals surface area contributed by atoms with Gasteiger partial charge in [-0.3, -0.25) is 4.79 Å². The molecule has 0 fully saturated rings. The molecule has 0 aliphatic rings. The molecule has 0 unspecified atom stereocenters. The zero-order chi connectivity index (χ0) is 19.7. The molecule has 28 heavy (non-hydrogen) atoms. The molecule has 4 rings (SSSR count). The second-order valence-corrected chi connectivity index (χ2v) is 7.18. The van der Waals surface area contributed by atoms with E-state index in [1.165, 1.54) is 0 Å². The Labute approximate surface area is 164 Å².